The Morgan fingerprint density at radius 1 is 1.45 bits per heavy atom. The van der Waals surface area contributed by atoms with Gasteiger partial charge in [-0.2, -0.15) is 4.98 Å². The molecule has 106 valence electrons. The van der Waals surface area contributed by atoms with Gasteiger partial charge in [0.05, 0.1) is 6.04 Å². The molecule has 6 nitrogen and oxygen atoms in total. The second kappa shape index (κ2) is 5.13. The fourth-order valence-corrected chi connectivity index (χ4v) is 2.01. The Kier molecular flexibility index (Phi) is 3.31. The van der Waals surface area contributed by atoms with Crippen LogP contribution in [0, 0.1) is 0 Å². The number of nitrogens with two attached hydrogens (primary N) is 1. The van der Waals surface area contributed by atoms with Crippen molar-refractivity contribution < 1.29 is 14.0 Å². The monoisotopic (exact) mass is 275 g/mol. The van der Waals surface area contributed by atoms with Crippen LogP contribution in [0.4, 0.5) is 0 Å². The van der Waals surface area contributed by atoms with Crippen molar-refractivity contribution >= 4 is 0 Å². The second-order valence-electron chi connectivity index (χ2n) is 5.11. The Labute approximate surface area is 116 Å². The molecule has 3 rings (SSSR count). The van der Waals surface area contributed by atoms with E-state index in [1.165, 1.54) is 0 Å². The average molecular weight is 275 g/mol. The van der Waals surface area contributed by atoms with E-state index < -0.39 is 0 Å². The van der Waals surface area contributed by atoms with Gasteiger partial charge in [0.25, 0.3) is 0 Å². The average Bonchev–Trinajstić information content (AvgIpc) is 3.04. The zero-order valence-corrected chi connectivity index (χ0v) is 11.5. The molecular formula is C14H17N3O3. The summed E-state index contributed by atoms with van der Waals surface area (Å²) in [5.41, 5.74) is 6.91. The van der Waals surface area contributed by atoms with Crippen molar-refractivity contribution in [2.45, 2.75) is 32.4 Å². The maximum atomic E-state index is 5.89. The van der Waals surface area contributed by atoms with Gasteiger partial charge in [-0.1, -0.05) is 19.0 Å². The Hall–Kier alpha value is -2.08. The Morgan fingerprint density at radius 3 is 3.05 bits per heavy atom. The van der Waals surface area contributed by atoms with Crippen molar-refractivity contribution in [2.24, 2.45) is 5.73 Å². The van der Waals surface area contributed by atoms with E-state index in [1.54, 1.807) is 0 Å². The van der Waals surface area contributed by atoms with Gasteiger partial charge in [-0.25, -0.2) is 0 Å². The number of benzene rings is 1. The van der Waals surface area contributed by atoms with Gasteiger partial charge < -0.3 is 19.7 Å². The number of fused-ring (bicyclic) bond motifs is 1. The van der Waals surface area contributed by atoms with E-state index >= 15 is 0 Å². The van der Waals surface area contributed by atoms with E-state index in [9.17, 15) is 0 Å². The molecule has 2 heterocycles. The summed E-state index contributed by atoms with van der Waals surface area (Å²) in [5, 5.41) is 3.87. The molecule has 0 bridgehead atoms. The molecule has 1 atom stereocenters. The summed E-state index contributed by atoms with van der Waals surface area (Å²) in [6.07, 6.45) is 0. The van der Waals surface area contributed by atoms with Gasteiger partial charge in [0.15, 0.2) is 6.61 Å². The van der Waals surface area contributed by atoms with Gasteiger partial charge in [0.1, 0.15) is 18.1 Å². The molecule has 0 fully saturated rings. The molecule has 0 spiro atoms. The summed E-state index contributed by atoms with van der Waals surface area (Å²) >= 11 is 0. The van der Waals surface area contributed by atoms with Gasteiger partial charge in [0, 0.05) is 17.5 Å². The predicted molar refractivity (Wildman–Crippen MR) is 71.6 cm³/mol. The lowest BCUT2D eigenvalue weighted by Gasteiger charge is -2.06. The standard InChI is InChI=1S/C14H17N3O3/c1-8(2)14-16-13(17-20-14)7-18-9-3-4-10-11(15)6-19-12(10)5-9/h3-5,8,11H,6-7,15H2,1-2H3. The molecule has 0 aliphatic carbocycles. The first kappa shape index (κ1) is 12.9. The first-order chi connectivity index (χ1) is 9.63. The number of hydrogen-bond acceptors (Lipinski definition) is 6. The highest BCUT2D eigenvalue weighted by Gasteiger charge is 2.21. The highest BCUT2D eigenvalue weighted by Crippen LogP contribution is 2.34. The SMILES string of the molecule is CC(C)c1nc(COc2ccc3c(c2)OCC3N)no1. The smallest absolute Gasteiger partial charge is 0.229 e. The Bertz CT molecular complexity index is 609. The molecule has 0 saturated heterocycles. The van der Waals surface area contributed by atoms with Crippen LogP contribution < -0.4 is 15.2 Å². The van der Waals surface area contributed by atoms with Crippen LogP contribution in [0.15, 0.2) is 22.7 Å². The van der Waals surface area contributed by atoms with Gasteiger partial charge in [-0.3, -0.25) is 0 Å². The van der Waals surface area contributed by atoms with E-state index in [4.69, 9.17) is 19.7 Å². The predicted octanol–water partition coefficient (Wildman–Crippen LogP) is 2.16. The first-order valence-electron chi connectivity index (χ1n) is 6.61. The Balaban J connectivity index is 1.66. The van der Waals surface area contributed by atoms with Crippen LogP contribution in [0.25, 0.3) is 0 Å². The Morgan fingerprint density at radius 2 is 2.30 bits per heavy atom. The largest absolute Gasteiger partial charge is 0.491 e. The lowest BCUT2D eigenvalue weighted by molar-refractivity contribution is 0.281. The molecule has 2 N–H and O–H groups in total. The van der Waals surface area contributed by atoms with Crippen molar-refractivity contribution in [3.8, 4) is 11.5 Å². The van der Waals surface area contributed by atoms with E-state index in [-0.39, 0.29) is 18.6 Å². The highest BCUT2D eigenvalue weighted by molar-refractivity contribution is 5.44. The lowest BCUT2D eigenvalue weighted by atomic mass is 10.1. The number of rotatable bonds is 4. The minimum absolute atomic E-state index is 0.0511. The molecule has 20 heavy (non-hydrogen) atoms. The zero-order chi connectivity index (χ0) is 14.1. The molecule has 1 aliphatic heterocycles. The van der Waals surface area contributed by atoms with E-state index in [0.29, 0.717) is 24.1 Å². The van der Waals surface area contributed by atoms with Crippen LogP contribution in [-0.4, -0.2) is 16.7 Å². The van der Waals surface area contributed by atoms with Gasteiger partial charge in [-0.15, -0.1) is 0 Å². The molecule has 1 aromatic carbocycles. The molecule has 1 aliphatic rings. The summed E-state index contributed by atoms with van der Waals surface area (Å²) in [6, 6.07) is 5.59. The summed E-state index contributed by atoms with van der Waals surface area (Å²) in [7, 11) is 0. The molecule has 2 aromatic rings. The zero-order valence-electron chi connectivity index (χ0n) is 11.5. The van der Waals surface area contributed by atoms with Gasteiger partial charge in [-0.05, 0) is 12.1 Å². The summed E-state index contributed by atoms with van der Waals surface area (Å²) in [6.45, 7) is 4.78. The molecule has 0 saturated carbocycles. The van der Waals surface area contributed by atoms with Gasteiger partial charge in [0.2, 0.25) is 11.7 Å². The minimum Gasteiger partial charge on any atom is -0.491 e. The molecular weight excluding hydrogens is 258 g/mol. The van der Waals surface area contributed by atoms with Crippen LogP contribution in [0.3, 0.4) is 0 Å². The molecule has 1 unspecified atom stereocenters. The number of aromatic nitrogens is 2. The second-order valence-corrected chi connectivity index (χ2v) is 5.11. The van der Waals surface area contributed by atoms with Crippen molar-refractivity contribution in [1.82, 2.24) is 10.1 Å². The molecule has 6 heteroatoms. The van der Waals surface area contributed by atoms with Crippen LogP contribution in [0.2, 0.25) is 0 Å². The molecule has 1 aromatic heterocycles. The fourth-order valence-electron chi connectivity index (χ4n) is 2.01. The lowest BCUT2D eigenvalue weighted by Crippen LogP contribution is -2.10. The third kappa shape index (κ3) is 2.46. The first-order valence-corrected chi connectivity index (χ1v) is 6.61. The number of nitrogens with zero attached hydrogens (tertiary/aromatic N) is 2. The van der Waals surface area contributed by atoms with E-state index in [1.807, 2.05) is 32.0 Å². The number of hydrogen-bond donors (Lipinski definition) is 1. The van der Waals surface area contributed by atoms with Crippen LogP contribution in [0.1, 0.15) is 43.1 Å². The normalized spacial score (nSPS) is 17.1. The fraction of sp³-hybridized carbons (Fsp3) is 0.429. The van der Waals surface area contributed by atoms with Crippen LogP contribution >= 0.6 is 0 Å². The third-order valence-corrected chi connectivity index (χ3v) is 3.15. The van der Waals surface area contributed by atoms with Crippen LogP contribution in [0.5, 0.6) is 11.5 Å². The van der Waals surface area contributed by atoms with Crippen molar-refractivity contribution in [3.05, 3.63) is 35.5 Å². The van der Waals surface area contributed by atoms with E-state index in [2.05, 4.69) is 10.1 Å². The highest BCUT2D eigenvalue weighted by atomic mass is 16.5. The molecule has 0 radical (unpaired) electrons. The van der Waals surface area contributed by atoms with Crippen molar-refractivity contribution in [2.75, 3.05) is 6.61 Å². The number of ether oxygens (including phenoxy) is 2. The maximum Gasteiger partial charge on any atom is 0.229 e. The van der Waals surface area contributed by atoms with Crippen molar-refractivity contribution in [1.29, 1.82) is 0 Å². The summed E-state index contributed by atoms with van der Waals surface area (Å²) < 4.78 is 16.2. The topological polar surface area (TPSA) is 83.4 Å². The molecule has 0 amide bonds. The van der Waals surface area contributed by atoms with Crippen molar-refractivity contribution in [3.63, 3.8) is 0 Å². The minimum atomic E-state index is -0.0511. The van der Waals surface area contributed by atoms with Gasteiger partial charge >= 0.3 is 0 Å². The maximum absolute atomic E-state index is 5.89. The van der Waals surface area contributed by atoms with E-state index in [0.717, 1.165) is 11.3 Å². The van der Waals surface area contributed by atoms with Crippen LogP contribution in [-0.2, 0) is 6.61 Å². The third-order valence-electron chi connectivity index (χ3n) is 3.15. The summed E-state index contributed by atoms with van der Waals surface area (Å²) in [5.74, 6) is 2.85. The quantitative estimate of drug-likeness (QED) is 0.920. The summed E-state index contributed by atoms with van der Waals surface area (Å²) in [4.78, 5) is 4.26.